The van der Waals surface area contributed by atoms with Crippen LogP contribution < -0.4 is 5.32 Å². The highest BCUT2D eigenvalue weighted by atomic mass is 16.5. The van der Waals surface area contributed by atoms with E-state index in [1.165, 1.54) is 7.11 Å². The minimum Gasteiger partial charge on any atom is -0.469 e. The van der Waals surface area contributed by atoms with Gasteiger partial charge in [0.15, 0.2) is 0 Å². The van der Waals surface area contributed by atoms with Gasteiger partial charge < -0.3 is 14.5 Å². The van der Waals surface area contributed by atoms with Gasteiger partial charge in [0, 0.05) is 29.7 Å². The topological polar surface area (TPSA) is 94.3 Å². The van der Waals surface area contributed by atoms with E-state index in [1.807, 2.05) is 31.2 Å². The molecule has 156 valence electrons. The lowest BCUT2D eigenvalue weighted by Crippen LogP contribution is -2.24. The second-order valence-electron chi connectivity index (χ2n) is 7.00. The smallest absolute Gasteiger partial charge is 0.305 e. The average Bonchev–Trinajstić information content (AvgIpc) is 3.26. The summed E-state index contributed by atoms with van der Waals surface area (Å²) in [5.74, 6) is 0.522. The van der Waals surface area contributed by atoms with Crippen molar-refractivity contribution in [3.8, 4) is 22.9 Å². The minimum absolute atomic E-state index is 0.139. The molecule has 0 saturated heterocycles. The standard InChI is InChI=1S/C23H25N3O4/c1-16-7-9-18(10-8-16)22-25-26-23(30-22)19-13-11-17(12-14-19)21(28)24-15-5-3-4-6-20(27)29-2/h7-14H,3-6,15H2,1-2H3,(H,24,28). The number of methoxy groups -OCH3 is 1. The van der Waals surface area contributed by atoms with Crippen LogP contribution in [0, 0.1) is 6.92 Å². The van der Waals surface area contributed by atoms with E-state index in [0.29, 0.717) is 30.3 Å². The third-order valence-electron chi connectivity index (χ3n) is 4.69. The molecule has 1 amide bonds. The van der Waals surface area contributed by atoms with Gasteiger partial charge in [0.2, 0.25) is 11.8 Å². The summed E-state index contributed by atoms with van der Waals surface area (Å²) in [4.78, 5) is 23.3. The number of hydrogen-bond acceptors (Lipinski definition) is 6. The van der Waals surface area contributed by atoms with Crippen molar-refractivity contribution in [2.75, 3.05) is 13.7 Å². The molecule has 0 radical (unpaired) electrons. The number of nitrogens with one attached hydrogen (secondary N) is 1. The zero-order chi connectivity index (χ0) is 21.3. The second-order valence-corrected chi connectivity index (χ2v) is 7.00. The van der Waals surface area contributed by atoms with E-state index < -0.39 is 0 Å². The van der Waals surface area contributed by atoms with E-state index >= 15 is 0 Å². The lowest BCUT2D eigenvalue weighted by Gasteiger charge is -2.05. The molecule has 0 unspecified atom stereocenters. The molecule has 0 aliphatic rings. The molecular weight excluding hydrogens is 382 g/mol. The average molecular weight is 407 g/mol. The molecule has 3 aromatic rings. The monoisotopic (exact) mass is 407 g/mol. The van der Waals surface area contributed by atoms with Gasteiger partial charge in [-0.2, -0.15) is 0 Å². The molecule has 0 spiro atoms. The zero-order valence-electron chi connectivity index (χ0n) is 17.2. The Morgan fingerprint density at radius 2 is 1.50 bits per heavy atom. The van der Waals surface area contributed by atoms with Crippen molar-refractivity contribution in [3.05, 3.63) is 59.7 Å². The zero-order valence-corrected chi connectivity index (χ0v) is 17.2. The summed E-state index contributed by atoms with van der Waals surface area (Å²) in [6, 6.07) is 14.9. The number of amides is 1. The van der Waals surface area contributed by atoms with Gasteiger partial charge in [-0.1, -0.05) is 24.1 Å². The summed E-state index contributed by atoms with van der Waals surface area (Å²) in [5.41, 5.74) is 3.34. The Balaban J connectivity index is 1.50. The third kappa shape index (κ3) is 5.76. The molecule has 0 fully saturated rings. The maximum atomic E-state index is 12.3. The Hall–Kier alpha value is -3.48. The predicted octanol–water partition coefficient (Wildman–Crippen LogP) is 4.18. The number of carbonyl (C=O) groups excluding carboxylic acids is 2. The van der Waals surface area contributed by atoms with Crippen molar-refractivity contribution in [3.63, 3.8) is 0 Å². The molecule has 3 rings (SSSR count). The summed E-state index contributed by atoms with van der Waals surface area (Å²) < 4.78 is 10.4. The molecule has 1 N–H and O–H groups in total. The largest absolute Gasteiger partial charge is 0.469 e. The van der Waals surface area contributed by atoms with Crippen LogP contribution in [0.2, 0.25) is 0 Å². The van der Waals surface area contributed by atoms with Gasteiger partial charge in [0.05, 0.1) is 7.11 Å². The SMILES string of the molecule is COC(=O)CCCCCNC(=O)c1ccc(-c2nnc(-c3ccc(C)cc3)o2)cc1. The van der Waals surface area contributed by atoms with Gasteiger partial charge in [-0.3, -0.25) is 9.59 Å². The number of aromatic nitrogens is 2. The lowest BCUT2D eigenvalue weighted by molar-refractivity contribution is -0.140. The van der Waals surface area contributed by atoms with Crippen molar-refractivity contribution in [1.82, 2.24) is 15.5 Å². The Labute approximate surface area is 175 Å². The molecule has 7 heteroatoms. The molecule has 0 aliphatic heterocycles. The summed E-state index contributed by atoms with van der Waals surface area (Å²) in [7, 11) is 1.38. The quantitative estimate of drug-likeness (QED) is 0.422. The van der Waals surface area contributed by atoms with Gasteiger partial charge in [0.25, 0.3) is 5.91 Å². The molecule has 2 aromatic carbocycles. The van der Waals surface area contributed by atoms with Crippen molar-refractivity contribution in [1.29, 1.82) is 0 Å². The predicted molar refractivity (Wildman–Crippen MR) is 113 cm³/mol. The third-order valence-corrected chi connectivity index (χ3v) is 4.69. The first-order chi connectivity index (χ1) is 14.6. The summed E-state index contributed by atoms with van der Waals surface area (Å²) >= 11 is 0. The summed E-state index contributed by atoms with van der Waals surface area (Å²) in [6.45, 7) is 2.58. The van der Waals surface area contributed by atoms with E-state index in [2.05, 4.69) is 20.3 Å². The van der Waals surface area contributed by atoms with Crippen LogP contribution in [-0.2, 0) is 9.53 Å². The van der Waals surface area contributed by atoms with Crippen molar-refractivity contribution >= 4 is 11.9 Å². The number of aryl methyl sites for hydroxylation is 1. The van der Waals surface area contributed by atoms with Gasteiger partial charge in [-0.15, -0.1) is 10.2 Å². The maximum Gasteiger partial charge on any atom is 0.305 e. The normalized spacial score (nSPS) is 10.6. The van der Waals surface area contributed by atoms with Crippen LogP contribution in [0.4, 0.5) is 0 Å². The molecule has 1 heterocycles. The van der Waals surface area contributed by atoms with E-state index in [4.69, 9.17) is 4.42 Å². The first-order valence-corrected chi connectivity index (χ1v) is 9.93. The van der Waals surface area contributed by atoms with Crippen LogP contribution in [0.15, 0.2) is 52.9 Å². The highest BCUT2D eigenvalue weighted by molar-refractivity contribution is 5.94. The molecule has 0 aliphatic carbocycles. The summed E-state index contributed by atoms with van der Waals surface area (Å²) in [5, 5.41) is 11.1. The molecule has 7 nitrogen and oxygen atoms in total. The number of rotatable bonds is 9. The number of nitrogens with zero attached hydrogens (tertiary/aromatic N) is 2. The number of benzene rings is 2. The lowest BCUT2D eigenvalue weighted by atomic mass is 10.1. The van der Waals surface area contributed by atoms with Gasteiger partial charge in [-0.05, 0) is 56.2 Å². The molecular formula is C23H25N3O4. The van der Waals surface area contributed by atoms with E-state index in [-0.39, 0.29) is 11.9 Å². The number of esters is 1. The maximum absolute atomic E-state index is 12.3. The van der Waals surface area contributed by atoms with Crippen LogP contribution in [0.1, 0.15) is 41.6 Å². The Kier molecular flexibility index (Phi) is 7.32. The minimum atomic E-state index is -0.202. The fourth-order valence-corrected chi connectivity index (χ4v) is 2.89. The number of unbranched alkanes of at least 4 members (excludes halogenated alkanes) is 2. The number of carbonyl (C=O) groups is 2. The Morgan fingerprint density at radius 1 is 0.900 bits per heavy atom. The first kappa shape index (κ1) is 21.2. The van der Waals surface area contributed by atoms with E-state index in [9.17, 15) is 9.59 Å². The van der Waals surface area contributed by atoms with Crippen molar-refractivity contribution in [2.24, 2.45) is 0 Å². The molecule has 30 heavy (non-hydrogen) atoms. The van der Waals surface area contributed by atoms with E-state index in [0.717, 1.165) is 36.0 Å². The highest BCUT2D eigenvalue weighted by Gasteiger charge is 2.12. The van der Waals surface area contributed by atoms with Crippen molar-refractivity contribution in [2.45, 2.75) is 32.6 Å². The van der Waals surface area contributed by atoms with Crippen LogP contribution in [-0.4, -0.2) is 35.7 Å². The van der Waals surface area contributed by atoms with E-state index in [1.54, 1.807) is 24.3 Å². The number of ether oxygens (including phenoxy) is 1. The van der Waals surface area contributed by atoms with Crippen molar-refractivity contribution < 1.29 is 18.7 Å². The second kappa shape index (κ2) is 10.3. The fraction of sp³-hybridized carbons (Fsp3) is 0.304. The molecule has 0 bridgehead atoms. The Bertz CT molecular complexity index is 978. The van der Waals surface area contributed by atoms with Gasteiger partial charge in [-0.25, -0.2) is 0 Å². The van der Waals surface area contributed by atoms with Crippen LogP contribution in [0.3, 0.4) is 0 Å². The summed E-state index contributed by atoms with van der Waals surface area (Å²) in [6.07, 6.45) is 2.83. The van der Waals surface area contributed by atoms with Crippen LogP contribution >= 0.6 is 0 Å². The van der Waals surface area contributed by atoms with Gasteiger partial charge in [0.1, 0.15) is 0 Å². The first-order valence-electron chi connectivity index (χ1n) is 9.93. The van der Waals surface area contributed by atoms with Gasteiger partial charge >= 0.3 is 5.97 Å². The highest BCUT2D eigenvalue weighted by Crippen LogP contribution is 2.24. The number of hydrogen-bond donors (Lipinski definition) is 1. The molecule has 0 atom stereocenters. The Morgan fingerprint density at radius 3 is 2.10 bits per heavy atom. The molecule has 1 aromatic heterocycles. The van der Waals surface area contributed by atoms with Crippen LogP contribution in [0.25, 0.3) is 22.9 Å². The molecule has 0 saturated carbocycles. The fourth-order valence-electron chi connectivity index (χ4n) is 2.89. The van der Waals surface area contributed by atoms with Crippen LogP contribution in [0.5, 0.6) is 0 Å².